The molecule has 0 aliphatic heterocycles. The Morgan fingerprint density at radius 1 is 0.587 bits per heavy atom. The number of nitrogen functional groups attached to an aromatic ring is 2. The molecule has 6 heterocycles. The van der Waals surface area contributed by atoms with Crippen LogP contribution in [-0.2, 0) is 79.6 Å². The maximum Gasteiger partial charge on any atom is 1.00 e. The van der Waals surface area contributed by atoms with Crippen LogP contribution in [0.2, 0.25) is 5.15 Å². The summed E-state index contributed by atoms with van der Waals surface area (Å²) in [6.45, 7) is 13.5. The Morgan fingerprint density at radius 2 is 0.960 bits per heavy atom. The number of unbranched alkanes of at least 4 members (excludes halogenated alkanes) is 1. The fourth-order valence-corrected chi connectivity index (χ4v) is 12.2. The zero-order valence-corrected chi connectivity index (χ0v) is 86.7. The van der Waals surface area contributed by atoms with E-state index in [4.69, 9.17) is 137 Å². The summed E-state index contributed by atoms with van der Waals surface area (Å²) >= 11 is 6.12. The van der Waals surface area contributed by atoms with Crippen molar-refractivity contribution in [2.24, 2.45) is 18.1 Å². The van der Waals surface area contributed by atoms with Gasteiger partial charge >= 0.3 is 122 Å². The number of H-pyrrole nitrogens is 4. The number of nitriles is 2. The number of halogens is 3. The summed E-state index contributed by atoms with van der Waals surface area (Å²) in [5, 5.41) is 56.0. The molecule has 6 aromatic heterocycles. The van der Waals surface area contributed by atoms with Gasteiger partial charge in [0.25, 0.3) is 11.2 Å². The Balaban J connectivity index is -0.00000163. The summed E-state index contributed by atoms with van der Waals surface area (Å²) in [5.74, 6) is -3.26. The summed E-state index contributed by atoms with van der Waals surface area (Å²) < 4.78 is 123. The molecule has 1 fully saturated rings. The van der Waals surface area contributed by atoms with Gasteiger partial charge in [0, 0.05) is 82.4 Å². The number of nitrogens with two attached hydrogens (primary N) is 3. The Labute approximate surface area is 899 Å². The van der Waals surface area contributed by atoms with E-state index >= 15 is 0 Å². The van der Waals surface area contributed by atoms with E-state index in [1.54, 1.807) is 82.6 Å². The van der Waals surface area contributed by atoms with E-state index in [1.165, 1.54) is 104 Å². The third kappa shape index (κ3) is 42.4. The molecule has 0 saturated heterocycles. The van der Waals surface area contributed by atoms with E-state index in [2.05, 4.69) is 60.2 Å². The van der Waals surface area contributed by atoms with Crippen LogP contribution in [0.4, 0.5) is 31.8 Å². The van der Waals surface area contributed by atoms with E-state index < -0.39 is 85.3 Å². The van der Waals surface area contributed by atoms with Crippen molar-refractivity contribution >= 4 is 160 Å². The van der Waals surface area contributed by atoms with Gasteiger partial charge in [0.15, 0.2) is 0 Å². The van der Waals surface area contributed by atoms with Crippen molar-refractivity contribution in [1.82, 2.24) is 44.7 Å². The Hall–Kier alpha value is -16.7. The van der Waals surface area contributed by atoms with E-state index in [0.717, 1.165) is 54.5 Å². The summed E-state index contributed by atoms with van der Waals surface area (Å²) in [6.07, 6.45) is 8.12. The number of aromatic nitrogens is 9. The first-order valence-electron chi connectivity index (χ1n) is 41.7. The fourth-order valence-electron chi connectivity index (χ4n) is 12.0. The number of benzene rings is 6. The van der Waals surface area contributed by atoms with Gasteiger partial charge in [0.2, 0.25) is 12.2 Å². The summed E-state index contributed by atoms with van der Waals surface area (Å²) in [5.41, 5.74) is 19.7. The van der Waals surface area contributed by atoms with Crippen molar-refractivity contribution in [3.8, 4) is 46.6 Å². The number of aromatic amines is 4. The summed E-state index contributed by atoms with van der Waals surface area (Å²) in [6, 6.07) is 23.4. The molecule has 1 amide bonds. The number of anilines is 2. The number of hydrogen-bond acceptors (Lipinski definition) is 44. The van der Waals surface area contributed by atoms with Crippen molar-refractivity contribution in [2.45, 2.75) is 107 Å². The van der Waals surface area contributed by atoms with E-state index in [9.17, 15) is 67.4 Å². The molecule has 6 aromatic carbocycles. The number of esters is 7. The maximum atomic E-state index is 13.2. The van der Waals surface area contributed by atoms with Gasteiger partial charge in [-0.1, -0.05) is 40.3 Å². The number of rotatable bonds is 25. The first-order valence-corrected chi connectivity index (χ1v) is 43.5. The van der Waals surface area contributed by atoms with Crippen LogP contribution < -0.4 is 108 Å². The standard InChI is InChI=1S/C15H18N2O5.C14H12ClN3O3.C14H13N3O4.C14H16N2O5.C9H8FNO5.C9H9FO3.C7H11N3.C4H7N.CH3NO.2CO2.2CH4.K.HNO3.H2O4S/c1-4-21-14(18)9-6-10-8(7-11(9)20-3)12(13(16)17-10)15(19)22-5-2;1-3-21-14(19)8-4-9-7(5-10(8)20-2)11-12(15)16-6-17-13(11)18-9;1-3-21-14(19)8-4-9-7(5-10(8)20-2)11-12(17-9)15-6-16-13(11)18;1-4-9(8-15)10-7-13(20-3)11(14(17)21-5-2)6-12(10)16(18)19;1-15-8-4-6(10)7(11(13)14)3-5(8)9(12)16-2;1-12-8-5-6(10)3-4-7(8)9(11)13-2;1-10-7(8)4-6(9-10)5-2-3-5;1-2-3-4-5;3*2-1-3;;;;2-1-4-3;1-5(2,3)4/h6-7,17H,4-5,16H2,1-3H3;4-6H,3H2,1-2H3,(H,16,17,18);4-6H,3H2,1-2H3,(H2,15,16,17,18);6-7,9H,4-5H2,1-3H3;3-4H,1-2H3;3-5H,1-2H3;4-5H,2-3,8H2,1H3;2-3H2,1H3;1H,(H2,2,3);;;2*1H4;;3H;(H2,1,2,3,4)/q;;;;;;;;;;;;;+1;;/p-1. The number of hydrogen-bond donors (Lipinski definition) is 9. The maximum absolute atomic E-state index is 13.2. The molecule has 806 valence electrons. The quantitative estimate of drug-likeness (QED) is 0.00246. The minimum absolute atomic E-state index is 0. The normalized spacial score (nSPS) is 10.2. The molecule has 1 aliphatic rings. The molecular formula is C91H107ClF2KN17O37S. The Morgan fingerprint density at radius 3 is 1.33 bits per heavy atom. The zero-order chi connectivity index (χ0) is 112. The first-order chi connectivity index (χ1) is 69.9. The van der Waals surface area contributed by atoms with Gasteiger partial charge in [-0.15, -0.1) is 4.91 Å². The average molecular weight is 2180 g/mol. The monoisotopic (exact) mass is 2170 g/mol. The van der Waals surface area contributed by atoms with Crippen LogP contribution in [0.1, 0.15) is 191 Å². The molecule has 1 atom stereocenters. The predicted octanol–water partition coefficient (Wildman–Crippen LogP) is 9.31. The van der Waals surface area contributed by atoms with Crippen molar-refractivity contribution in [3.63, 3.8) is 0 Å². The van der Waals surface area contributed by atoms with E-state index in [-0.39, 0.29) is 179 Å². The number of aryl methyl sites for hydroxylation is 1. The second kappa shape index (κ2) is 71.8. The SMILES string of the molecule is C.C.CCCC#N.CCOC(=O)c1cc([N+](=O)[O-])c(C(C#N)CC)cc1OC.CCOC(=O)c1cc2[nH]c(N)c(C(=O)OCC)c2cc1OC.CCOC(=O)c1cc2[nH]c3nc[nH]c(=O)c3c2cc1OC.CCOC(=O)c1cc2[nH]c3ncnc(Cl)c3c2cc1OC.COC(=O)c1cc([N+](=O)[O-])c(F)cc1OC.COC(=O)c1ccc(F)cc1OC.Cn1nc(C2CC2)cc1N.NC=O.O=C=O.O=C=O.O=NO[O-].O=S(=O)(O)O.[K+]. The number of carbonyl (C=O) groups excluding carboxylic acids is 12. The van der Waals surface area contributed by atoms with Gasteiger partial charge in [0.1, 0.15) is 119 Å². The van der Waals surface area contributed by atoms with Crippen LogP contribution in [0.3, 0.4) is 0 Å². The third-order valence-electron chi connectivity index (χ3n) is 18.2. The van der Waals surface area contributed by atoms with E-state index in [1.807, 2.05) is 32.2 Å². The van der Waals surface area contributed by atoms with Gasteiger partial charge in [-0.25, -0.2) is 52.9 Å². The first kappa shape index (κ1) is 137. The molecule has 0 bridgehead atoms. The molecule has 12 aromatic rings. The second-order valence-corrected chi connectivity index (χ2v) is 28.4. The van der Waals surface area contributed by atoms with Crippen LogP contribution >= 0.6 is 11.6 Å². The van der Waals surface area contributed by atoms with Crippen molar-refractivity contribution in [3.05, 3.63) is 200 Å². The van der Waals surface area contributed by atoms with E-state index in [0.29, 0.717) is 103 Å². The summed E-state index contributed by atoms with van der Waals surface area (Å²) in [7, 11) is 7.89. The van der Waals surface area contributed by atoms with Crippen molar-refractivity contribution < 1.29 is 217 Å². The second-order valence-electron chi connectivity index (χ2n) is 27.2. The minimum atomic E-state index is -4.67. The zero-order valence-electron chi connectivity index (χ0n) is 82.0. The molecule has 13 rings (SSSR count). The molecule has 1 saturated carbocycles. The van der Waals surface area contributed by atoms with Gasteiger partial charge in [0.05, 0.1) is 146 Å². The number of fused-ring (bicyclic) bond motifs is 7. The topological polar surface area (TPSA) is 810 Å². The average Bonchev–Trinajstić information content (AvgIpc) is 1.63. The predicted molar refractivity (Wildman–Crippen MR) is 521 cm³/mol. The van der Waals surface area contributed by atoms with Crippen LogP contribution in [-0.4, -0.2) is 222 Å². The Kier molecular flexibility index (Phi) is 65.8. The number of primary amides is 1. The number of nitrogens with zero attached hydrogens (tertiary/aromatic N) is 10. The number of nitro groups is 2. The van der Waals surface area contributed by atoms with Gasteiger partial charge in [-0.05, 0) is 115 Å². The van der Waals surface area contributed by atoms with Crippen LogP contribution in [0.25, 0.3) is 54.8 Å². The minimum Gasteiger partial charge on any atom is -0.635 e. The number of nitrogens with one attached hydrogen (secondary N) is 4. The number of nitro benzene ring substituents is 2. The smallest absolute Gasteiger partial charge is 0.635 e. The molecular weight excluding hydrogens is 2070 g/mol. The molecule has 1 aliphatic carbocycles. The van der Waals surface area contributed by atoms with Crippen LogP contribution in [0, 0.1) is 59.4 Å². The van der Waals surface area contributed by atoms with Crippen molar-refractivity contribution in [1.29, 1.82) is 10.5 Å². The van der Waals surface area contributed by atoms with Gasteiger partial charge in [-0.3, -0.25) is 43.6 Å². The Bertz CT molecular complexity index is 6860. The summed E-state index contributed by atoms with van der Waals surface area (Å²) in [4.78, 5) is 190. The third-order valence-corrected chi connectivity index (χ3v) is 18.5. The van der Waals surface area contributed by atoms with Crippen LogP contribution in [0.5, 0.6) is 34.5 Å². The molecule has 12 N–H and O–H groups in total. The number of amides is 1. The number of carbonyl (C=O) groups is 8. The largest absolute Gasteiger partial charge is 1.00 e. The number of ether oxygens (including phenoxy) is 13. The molecule has 1 unspecified atom stereocenters. The molecule has 54 nitrogen and oxygen atoms in total. The molecule has 0 spiro atoms. The van der Waals surface area contributed by atoms with Crippen molar-refractivity contribution in [2.75, 3.05) is 101 Å². The molecule has 59 heteroatoms. The van der Waals surface area contributed by atoms with Gasteiger partial charge in [-0.2, -0.15) is 47.6 Å². The fraction of sp³-hybridized carbons (Fsp3) is 0.330. The molecule has 150 heavy (non-hydrogen) atoms. The van der Waals surface area contributed by atoms with Gasteiger partial charge < -0.3 is 109 Å². The molecule has 0 radical (unpaired) electrons. The van der Waals surface area contributed by atoms with Crippen LogP contribution in [0.15, 0.2) is 108 Å². The number of methoxy groups -OCH3 is 8.